The predicted molar refractivity (Wildman–Crippen MR) is 72.6 cm³/mol. The highest BCUT2D eigenvalue weighted by Crippen LogP contribution is 2.30. The number of nitrogen functional groups attached to an aromatic ring is 1. The summed E-state index contributed by atoms with van der Waals surface area (Å²) in [5, 5.41) is 8.75. The summed E-state index contributed by atoms with van der Waals surface area (Å²) < 4.78 is 3.66. The minimum atomic E-state index is 0.538. The van der Waals surface area contributed by atoms with Crippen molar-refractivity contribution in [1.82, 2.24) is 24.5 Å². The van der Waals surface area contributed by atoms with E-state index in [9.17, 15) is 0 Å². The zero-order chi connectivity index (χ0) is 13.2. The third kappa shape index (κ3) is 2.62. The van der Waals surface area contributed by atoms with Crippen LogP contribution in [0.15, 0.2) is 12.4 Å². The lowest BCUT2D eigenvalue weighted by atomic mass is 9.89. The summed E-state index contributed by atoms with van der Waals surface area (Å²) in [6.45, 7) is 0.618. The predicted octanol–water partition coefficient (Wildman–Crippen LogP) is 1.69. The molecular formula is C13H20N6. The molecule has 1 fully saturated rings. The molecule has 0 aromatic carbocycles. The molecule has 0 spiro atoms. The van der Waals surface area contributed by atoms with Crippen molar-refractivity contribution in [2.45, 2.75) is 44.6 Å². The fourth-order valence-electron chi connectivity index (χ4n) is 2.72. The number of anilines is 1. The van der Waals surface area contributed by atoms with E-state index < -0.39 is 0 Å². The van der Waals surface area contributed by atoms with Crippen LogP contribution in [0.2, 0.25) is 0 Å². The van der Waals surface area contributed by atoms with Crippen LogP contribution in [0.25, 0.3) is 0 Å². The Morgan fingerprint density at radius 3 is 2.79 bits per heavy atom. The lowest BCUT2D eigenvalue weighted by molar-refractivity contribution is 0.427. The van der Waals surface area contributed by atoms with Crippen LogP contribution in [0.1, 0.15) is 49.7 Å². The van der Waals surface area contributed by atoms with E-state index in [4.69, 9.17) is 5.73 Å². The number of nitrogens with zero attached hydrogens (tertiary/aromatic N) is 5. The van der Waals surface area contributed by atoms with Gasteiger partial charge in [-0.3, -0.25) is 9.36 Å². The van der Waals surface area contributed by atoms with Crippen molar-refractivity contribution in [3.05, 3.63) is 24.0 Å². The average Bonchev–Trinajstić information content (AvgIpc) is 2.98. The van der Waals surface area contributed by atoms with Gasteiger partial charge in [0.1, 0.15) is 12.4 Å². The Kier molecular flexibility index (Phi) is 3.23. The summed E-state index contributed by atoms with van der Waals surface area (Å²) >= 11 is 0. The van der Waals surface area contributed by atoms with Gasteiger partial charge in [-0.25, -0.2) is 4.98 Å². The Hall–Kier alpha value is -1.85. The molecule has 0 atom stereocenters. The van der Waals surface area contributed by atoms with Gasteiger partial charge >= 0.3 is 0 Å². The van der Waals surface area contributed by atoms with Crippen molar-refractivity contribution in [3.8, 4) is 0 Å². The Bertz CT molecular complexity index is 549. The number of rotatable bonds is 3. The van der Waals surface area contributed by atoms with E-state index in [1.807, 2.05) is 17.9 Å². The summed E-state index contributed by atoms with van der Waals surface area (Å²) in [6.07, 6.45) is 9.86. The van der Waals surface area contributed by atoms with Crippen molar-refractivity contribution in [2.24, 2.45) is 7.05 Å². The van der Waals surface area contributed by atoms with Crippen LogP contribution in [-0.4, -0.2) is 24.5 Å². The quantitative estimate of drug-likeness (QED) is 0.911. The van der Waals surface area contributed by atoms with Gasteiger partial charge in [-0.05, 0) is 12.8 Å². The molecule has 0 unspecified atom stereocenters. The minimum Gasteiger partial charge on any atom is -0.396 e. The highest BCUT2D eigenvalue weighted by molar-refractivity contribution is 5.30. The molecule has 6 nitrogen and oxygen atoms in total. The first kappa shape index (κ1) is 12.2. The third-order valence-electron chi connectivity index (χ3n) is 3.80. The molecule has 2 heterocycles. The van der Waals surface area contributed by atoms with Gasteiger partial charge < -0.3 is 5.73 Å². The summed E-state index contributed by atoms with van der Waals surface area (Å²) in [4.78, 5) is 4.69. The Labute approximate surface area is 112 Å². The average molecular weight is 260 g/mol. The van der Waals surface area contributed by atoms with E-state index in [1.165, 1.54) is 32.1 Å². The molecule has 102 valence electrons. The first-order valence-electron chi connectivity index (χ1n) is 6.90. The molecular weight excluding hydrogens is 240 g/mol. The molecule has 19 heavy (non-hydrogen) atoms. The van der Waals surface area contributed by atoms with Crippen molar-refractivity contribution in [3.63, 3.8) is 0 Å². The van der Waals surface area contributed by atoms with E-state index >= 15 is 0 Å². The largest absolute Gasteiger partial charge is 0.396 e. The van der Waals surface area contributed by atoms with Crippen molar-refractivity contribution in [1.29, 1.82) is 0 Å². The molecule has 6 heteroatoms. The molecule has 3 rings (SSSR count). The monoisotopic (exact) mass is 260 g/mol. The topological polar surface area (TPSA) is 74.5 Å². The third-order valence-corrected chi connectivity index (χ3v) is 3.80. The lowest BCUT2D eigenvalue weighted by Gasteiger charge is -2.18. The van der Waals surface area contributed by atoms with Crippen LogP contribution in [0.5, 0.6) is 0 Å². The van der Waals surface area contributed by atoms with Gasteiger partial charge in [-0.2, -0.15) is 10.2 Å². The number of aryl methyl sites for hydroxylation is 1. The molecule has 1 aliphatic rings. The molecule has 2 N–H and O–H groups in total. The molecule has 2 aromatic heterocycles. The second-order valence-corrected chi connectivity index (χ2v) is 5.32. The van der Waals surface area contributed by atoms with Crippen LogP contribution in [0, 0.1) is 0 Å². The van der Waals surface area contributed by atoms with Gasteiger partial charge in [-0.1, -0.05) is 19.3 Å². The van der Waals surface area contributed by atoms with Gasteiger partial charge in [0.2, 0.25) is 0 Å². The standard InChI is InChI=1S/C13H20N6/c1-18-12(9-19-8-11(14)7-15-19)16-13(17-18)10-5-3-2-4-6-10/h7-8,10H,2-6,9,14H2,1H3. The number of nitrogens with two attached hydrogens (primary N) is 1. The molecule has 1 saturated carbocycles. The maximum Gasteiger partial charge on any atom is 0.154 e. The summed E-state index contributed by atoms with van der Waals surface area (Å²) in [6, 6.07) is 0. The van der Waals surface area contributed by atoms with E-state index in [-0.39, 0.29) is 0 Å². The maximum absolute atomic E-state index is 5.67. The zero-order valence-corrected chi connectivity index (χ0v) is 11.3. The zero-order valence-electron chi connectivity index (χ0n) is 11.3. The second-order valence-electron chi connectivity index (χ2n) is 5.32. The first-order valence-corrected chi connectivity index (χ1v) is 6.90. The fraction of sp³-hybridized carbons (Fsp3) is 0.615. The number of hydrogen-bond donors (Lipinski definition) is 1. The van der Waals surface area contributed by atoms with E-state index in [0.717, 1.165) is 11.6 Å². The van der Waals surface area contributed by atoms with Crippen LogP contribution in [-0.2, 0) is 13.6 Å². The van der Waals surface area contributed by atoms with Gasteiger partial charge in [0.05, 0.1) is 11.9 Å². The Morgan fingerprint density at radius 1 is 1.32 bits per heavy atom. The molecule has 0 aliphatic heterocycles. The van der Waals surface area contributed by atoms with E-state index in [1.54, 1.807) is 10.9 Å². The smallest absolute Gasteiger partial charge is 0.154 e. The molecule has 2 aromatic rings. The van der Waals surface area contributed by atoms with Crippen LogP contribution in [0.3, 0.4) is 0 Å². The van der Waals surface area contributed by atoms with Crippen molar-refractivity contribution in [2.75, 3.05) is 5.73 Å². The van der Waals surface area contributed by atoms with Crippen molar-refractivity contribution < 1.29 is 0 Å². The lowest BCUT2D eigenvalue weighted by Crippen LogP contribution is -2.07. The first-order chi connectivity index (χ1) is 9.22. The summed E-state index contributed by atoms with van der Waals surface area (Å²) in [5.41, 5.74) is 6.34. The summed E-state index contributed by atoms with van der Waals surface area (Å²) in [5.74, 6) is 2.47. The number of aromatic nitrogens is 5. The van der Waals surface area contributed by atoms with Crippen LogP contribution in [0.4, 0.5) is 5.69 Å². The SMILES string of the molecule is Cn1nc(C2CCCCC2)nc1Cn1cc(N)cn1. The minimum absolute atomic E-state index is 0.538. The molecule has 0 amide bonds. The fourth-order valence-corrected chi connectivity index (χ4v) is 2.72. The second kappa shape index (κ2) is 5.03. The highest BCUT2D eigenvalue weighted by atomic mass is 15.4. The summed E-state index contributed by atoms with van der Waals surface area (Å²) in [7, 11) is 1.95. The molecule has 0 radical (unpaired) electrons. The maximum atomic E-state index is 5.67. The Balaban J connectivity index is 1.77. The van der Waals surface area contributed by atoms with Crippen LogP contribution >= 0.6 is 0 Å². The molecule has 1 aliphatic carbocycles. The van der Waals surface area contributed by atoms with E-state index in [2.05, 4.69) is 15.2 Å². The number of hydrogen-bond acceptors (Lipinski definition) is 4. The normalized spacial score (nSPS) is 16.9. The Morgan fingerprint density at radius 2 is 2.11 bits per heavy atom. The van der Waals surface area contributed by atoms with Gasteiger partial charge in [0.15, 0.2) is 5.82 Å². The van der Waals surface area contributed by atoms with Crippen molar-refractivity contribution >= 4 is 5.69 Å². The molecule has 0 saturated heterocycles. The van der Waals surface area contributed by atoms with Gasteiger partial charge in [0, 0.05) is 19.2 Å². The van der Waals surface area contributed by atoms with Gasteiger partial charge in [-0.15, -0.1) is 0 Å². The van der Waals surface area contributed by atoms with Crippen LogP contribution < -0.4 is 5.73 Å². The van der Waals surface area contributed by atoms with Gasteiger partial charge in [0.25, 0.3) is 0 Å². The highest BCUT2D eigenvalue weighted by Gasteiger charge is 2.20. The molecule has 0 bridgehead atoms. The van der Waals surface area contributed by atoms with E-state index in [0.29, 0.717) is 18.2 Å².